The lowest BCUT2D eigenvalue weighted by Gasteiger charge is -2.05. The van der Waals surface area contributed by atoms with Gasteiger partial charge in [0, 0.05) is 13.2 Å². The van der Waals surface area contributed by atoms with E-state index in [0.717, 1.165) is 0 Å². The van der Waals surface area contributed by atoms with Crippen LogP contribution < -0.4 is 4.72 Å². The zero-order chi connectivity index (χ0) is 15.0. The molecule has 0 aromatic carbocycles. The fourth-order valence-electron chi connectivity index (χ4n) is 1.85. The van der Waals surface area contributed by atoms with Gasteiger partial charge < -0.3 is 0 Å². The highest BCUT2D eigenvalue weighted by molar-refractivity contribution is 9.10. The Balaban J connectivity index is 1.88. The Kier molecular flexibility index (Phi) is 3.47. The van der Waals surface area contributed by atoms with Crippen molar-refractivity contribution in [3.8, 4) is 0 Å². The molecule has 3 heterocycles. The van der Waals surface area contributed by atoms with Crippen LogP contribution in [-0.2, 0) is 23.6 Å². The van der Waals surface area contributed by atoms with Gasteiger partial charge in [-0.15, -0.1) is 15.3 Å². The number of hydrogen-bond donors (Lipinski definition) is 1. The summed E-state index contributed by atoms with van der Waals surface area (Å²) in [4.78, 5) is 0. The van der Waals surface area contributed by atoms with Crippen molar-refractivity contribution < 1.29 is 8.42 Å². The van der Waals surface area contributed by atoms with Crippen molar-refractivity contribution >= 4 is 31.6 Å². The van der Waals surface area contributed by atoms with Gasteiger partial charge in [0.05, 0.1) is 6.54 Å². The molecule has 0 bridgehead atoms. The van der Waals surface area contributed by atoms with Crippen LogP contribution in [0.4, 0.5) is 0 Å². The third kappa shape index (κ3) is 2.54. The molecule has 0 aliphatic rings. The number of nitrogens with one attached hydrogen (secondary N) is 1. The summed E-state index contributed by atoms with van der Waals surface area (Å²) < 4.78 is 30.0. The quantitative estimate of drug-likeness (QED) is 0.696. The second-order valence-corrected chi connectivity index (χ2v) is 6.61. The van der Waals surface area contributed by atoms with Crippen LogP contribution in [0.2, 0.25) is 0 Å². The van der Waals surface area contributed by atoms with Crippen molar-refractivity contribution in [3.05, 3.63) is 34.8 Å². The summed E-state index contributed by atoms with van der Waals surface area (Å²) in [6.45, 7) is 0.00509. The van der Waals surface area contributed by atoms with Crippen molar-refractivity contribution in [2.75, 3.05) is 0 Å². The topological polar surface area (TPSA) is 107 Å². The fourth-order valence-corrected chi connectivity index (χ4v) is 3.92. The van der Waals surface area contributed by atoms with Crippen LogP contribution in [0.3, 0.4) is 0 Å². The van der Waals surface area contributed by atoms with Gasteiger partial charge in [0.1, 0.15) is 0 Å². The van der Waals surface area contributed by atoms with Crippen LogP contribution in [0.5, 0.6) is 0 Å². The highest BCUT2D eigenvalue weighted by Gasteiger charge is 2.24. The normalized spacial score (nSPS) is 12.1. The second kappa shape index (κ2) is 5.16. The monoisotopic (exact) mass is 371 g/mol. The molecular weight excluding hydrogens is 362 g/mol. The third-order valence-corrected chi connectivity index (χ3v) is 5.08. The number of rotatable bonds is 4. The Morgan fingerprint density at radius 3 is 2.81 bits per heavy atom. The average molecular weight is 372 g/mol. The minimum atomic E-state index is -3.76. The lowest BCUT2D eigenvalue weighted by Crippen LogP contribution is -2.26. The SMILES string of the molecule is Cn1nnc(Br)c1S(=O)(=O)NCc1nnc2ccccn12. The molecule has 0 saturated heterocycles. The predicted molar refractivity (Wildman–Crippen MR) is 75.7 cm³/mol. The molecule has 0 aliphatic heterocycles. The number of aryl methyl sites for hydroxylation is 1. The average Bonchev–Trinajstić information content (AvgIpc) is 3.01. The van der Waals surface area contributed by atoms with E-state index in [0.29, 0.717) is 11.5 Å². The van der Waals surface area contributed by atoms with Gasteiger partial charge >= 0.3 is 0 Å². The highest BCUT2D eigenvalue weighted by Crippen LogP contribution is 2.17. The number of nitrogens with zero attached hydrogens (tertiary/aromatic N) is 6. The number of hydrogen-bond acceptors (Lipinski definition) is 6. The minimum absolute atomic E-state index is 0.00509. The lowest BCUT2D eigenvalue weighted by atomic mass is 10.5. The van der Waals surface area contributed by atoms with E-state index < -0.39 is 10.0 Å². The van der Waals surface area contributed by atoms with E-state index in [1.54, 1.807) is 16.7 Å². The first-order valence-corrected chi connectivity index (χ1v) is 8.10. The summed E-state index contributed by atoms with van der Waals surface area (Å²) in [5, 5.41) is 15.2. The van der Waals surface area contributed by atoms with Gasteiger partial charge in [0.25, 0.3) is 10.0 Å². The third-order valence-electron chi connectivity index (χ3n) is 2.80. The maximum atomic E-state index is 12.3. The molecule has 9 nitrogen and oxygen atoms in total. The van der Waals surface area contributed by atoms with E-state index in [9.17, 15) is 8.42 Å². The number of aromatic nitrogens is 6. The van der Waals surface area contributed by atoms with Gasteiger partial charge in [-0.2, -0.15) is 0 Å². The summed E-state index contributed by atoms with van der Waals surface area (Å²) in [6, 6.07) is 5.43. The summed E-state index contributed by atoms with van der Waals surface area (Å²) >= 11 is 3.06. The van der Waals surface area contributed by atoms with Crippen molar-refractivity contribution in [2.24, 2.45) is 7.05 Å². The molecule has 3 aromatic rings. The van der Waals surface area contributed by atoms with Gasteiger partial charge in [0.2, 0.25) is 5.03 Å². The summed E-state index contributed by atoms with van der Waals surface area (Å²) in [7, 11) is -2.26. The number of pyridine rings is 1. The van der Waals surface area contributed by atoms with E-state index in [-0.39, 0.29) is 16.2 Å². The van der Waals surface area contributed by atoms with Crippen LogP contribution in [0, 0.1) is 0 Å². The fraction of sp³-hybridized carbons (Fsp3) is 0.200. The summed E-state index contributed by atoms with van der Waals surface area (Å²) in [5.74, 6) is 0.487. The lowest BCUT2D eigenvalue weighted by molar-refractivity contribution is 0.558. The molecule has 0 atom stereocenters. The molecule has 3 rings (SSSR count). The van der Waals surface area contributed by atoms with E-state index in [2.05, 4.69) is 41.2 Å². The van der Waals surface area contributed by atoms with E-state index >= 15 is 0 Å². The molecule has 21 heavy (non-hydrogen) atoms. The predicted octanol–water partition coefficient (Wildman–Crippen LogP) is 0.0988. The molecule has 1 N–H and O–H groups in total. The van der Waals surface area contributed by atoms with Crippen molar-refractivity contribution in [3.63, 3.8) is 0 Å². The zero-order valence-electron chi connectivity index (χ0n) is 10.8. The Labute approximate surface area is 128 Å². The maximum Gasteiger partial charge on any atom is 0.260 e. The van der Waals surface area contributed by atoms with Crippen LogP contribution in [0.25, 0.3) is 5.65 Å². The Morgan fingerprint density at radius 1 is 1.29 bits per heavy atom. The number of halogens is 1. The number of fused-ring (bicyclic) bond motifs is 1. The van der Waals surface area contributed by atoms with Gasteiger partial charge in [0.15, 0.2) is 16.1 Å². The molecule has 0 radical (unpaired) electrons. The summed E-state index contributed by atoms with van der Waals surface area (Å²) in [6.07, 6.45) is 1.76. The van der Waals surface area contributed by atoms with Crippen LogP contribution in [-0.4, -0.2) is 38.0 Å². The Bertz CT molecular complexity index is 882. The van der Waals surface area contributed by atoms with Gasteiger partial charge in [-0.3, -0.25) is 4.40 Å². The van der Waals surface area contributed by atoms with Crippen LogP contribution >= 0.6 is 15.9 Å². The maximum absolute atomic E-state index is 12.3. The molecule has 11 heteroatoms. The van der Waals surface area contributed by atoms with E-state index in [4.69, 9.17) is 0 Å². The second-order valence-electron chi connectivity index (χ2n) is 4.18. The molecule has 0 spiro atoms. The minimum Gasteiger partial charge on any atom is -0.285 e. The van der Waals surface area contributed by atoms with Crippen molar-refractivity contribution in [1.29, 1.82) is 0 Å². The first kappa shape index (κ1) is 14.1. The van der Waals surface area contributed by atoms with Crippen LogP contribution in [0.15, 0.2) is 34.0 Å². The molecule has 0 amide bonds. The Morgan fingerprint density at radius 2 is 2.10 bits per heavy atom. The molecule has 0 fully saturated rings. The number of sulfonamides is 1. The molecule has 0 aliphatic carbocycles. The smallest absolute Gasteiger partial charge is 0.260 e. The molecule has 3 aromatic heterocycles. The van der Waals surface area contributed by atoms with Crippen molar-refractivity contribution in [2.45, 2.75) is 11.6 Å². The first-order valence-electron chi connectivity index (χ1n) is 5.82. The highest BCUT2D eigenvalue weighted by atomic mass is 79.9. The molecule has 0 saturated carbocycles. The largest absolute Gasteiger partial charge is 0.285 e. The van der Waals surface area contributed by atoms with E-state index in [1.807, 2.05) is 12.1 Å². The van der Waals surface area contributed by atoms with E-state index in [1.165, 1.54) is 11.7 Å². The summed E-state index contributed by atoms with van der Waals surface area (Å²) in [5.41, 5.74) is 0.648. The molecule has 110 valence electrons. The van der Waals surface area contributed by atoms with Gasteiger partial charge in [-0.25, -0.2) is 17.8 Å². The Hall–Kier alpha value is -1.85. The molecule has 0 unspecified atom stereocenters. The van der Waals surface area contributed by atoms with Crippen LogP contribution in [0.1, 0.15) is 5.82 Å². The van der Waals surface area contributed by atoms with Gasteiger partial charge in [-0.05, 0) is 28.1 Å². The standard InChI is InChI=1S/C10H10BrN7O2S/c1-17-10(9(11)15-16-17)21(19,20)12-6-8-14-13-7-4-2-3-5-18(7)8/h2-5,12H,6H2,1H3. The first-order chi connectivity index (χ1) is 9.99. The zero-order valence-corrected chi connectivity index (χ0v) is 13.2. The van der Waals surface area contributed by atoms with Crippen molar-refractivity contribution in [1.82, 2.24) is 34.3 Å². The molecular formula is C10H10BrN7O2S. The van der Waals surface area contributed by atoms with Gasteiger partial charge in [-0.1, -0.05) is 11.3 Å².